The molecule has 2 amide bonds. The molecule has 7 nitrogen and oxygen atoms in total. The molecule has 1 aliphatic rings. The summed E-state index contributed by atoms with van der Waals surface area (Å²) in [5.74, 6) is 2.22. The van der Waals surface area contributed by atoms with E-state index < -0.39 is 0 Å². The fraction of sp³-hybridized carbons (Fsp3) is 0.500. The molecule has 0 aliphatic carbocycles. The Kier molecular flexibility index (Phi) is 6.34. The molecule has 0 spiro atoms. The molecule has 27 heavy (non-hydrogen) atoms. The number of rotatable bonds is 7. The van der Waals surface area contributed by atoms with E-state index in [1.165, 1.54) is 5.56 Å². The van der Waals surface area contributed by atoms with Crippen molar-refractivity contribution in [1.29, 1.82) is 0 Å². The molecule has 2 unspecified atom stereocenters. The maximum absolute atomic E-state index is 12.1. The summed E-state index contributed by atoms with van der Waals surface area (Å²) in [6.45, 7) is 2.27. The Balaban J connectivity index is 1.48. The van der Waals surface area contributed by atoms with Gasteiger partial charge in [0, 0.05) is 45.0 Å². The van der Waals surface area contributed by atoms with Crippen molar-refractivity contribution >= 4 is 6.03 Å². The molecule has 2 N–H and O–H groups in total. The Morgan fingerprint density at radius 1 is 1.26 bits per heavy atom. The lowest BCUT2D eigenvalue weighted by Crippen LogP contribution is -2.40. The molecule has 1 fully saturated rings. The number of urea groups is 1. The first-order valence-electron chi connectivity index (χ1n) is 9.40. The molecule has 2 aromatic rings. The van der Waals surface area contributed by atoms with Crippen molar-refractivity contribution in [3.8, 4) is 5.75 Å². The Hall–Kier alpha value is -2.54. The van der Waals surface area contributed by atoms with E-state index in [1.807, 2.05) is 29.9 Å². The second-order valence-corrected chi connectivity index (χ2v) is 7.09. The van der Waals surface area contributed by atoms with Gasteiger partial charge in [-0.15, -0.1) is 0 Å². The highest BCUT2D eigenvalue weighted by Gasteiger charge is 2.33. The molecular formula is C20H29N5O2. The number of amides is 2. The van der Waals surface area contributed by atoms with Crippen molar-refractivity contribution in [2.45, 2.75) is 18.9 Å². The highest BCUT2D eigenvalue weighted by Crippen LogP contribution is 2.36. The summed E-state index contributed by atoms with van der Waals surface area (Å²) in [7, 11) is 5.77. The maximum atomic E-state index is 12.1. The van der Waals surface area contributed by atoms with Crippen LogP contribution in [0.25, 0.3) is 0 Å². The lowest BCUT2D eigenvalue weighted by Gasteiger charge is -2.26. The number of hydrogen-bond acceptors (Lipinski definition) is 4. The van der Waals surface area contributed by atoms with Crippen LogP contribution in [0.5, 0.6) is 5.75 Å². The minimum absolute atomic E-state index is 0.118. The zero-order valence-electron chi connectivity index (χ0n) is 16.3. The molecule has 2 atom stereocenters. The van der Waals surface area contributed by atoms with Gasteiger partial charge in [-0.05, 0) is 43.6 Å². The van der Waals surface area contributed by atoms with Gasteiger partial charge >= 0.3 is 6.03 Å². The Labute approximate surface area is 160 Å². The number of likely N-dealkylation sites (tertiary alicyclic amines) is 1. The van der Waals surface area contributed by atoms with E-state index in [9.17, 15) is 4.79 Å². The van der Waals surface area contributed by atoms with E-state index in [1.54, 1.807) is 13.3 Å². The van der Waals surface area contributed by atoms with Gasteiger partial charge in [0.25, 0.3) is 0 Å². The summed E-state index contributed by atoms with van der Waals surface area (Å²) < 4.78 is 7.22. The predicted molar refractivity (Wildman–Crippen MR) is 105 cm³/mol. The van der Waals surface area contributed by atoms with Crippen molar-refractivity contribution in [3.05, 3.63) is 48.0 Å². The van der Waals surface area contributed by atoms with Crippen LogP contribution in [0.4, 0.5) is 4.79 Å². The van der Waals surface area contributed by atoms with Crippen molar-refractivity contribution in [2.24, 2.45) is 13.0 Å². The first-order valence-corrected chi connectivity index (χ1v) is 9.40. The van der Waals surface area contributed by atoms with Crippen LogP contribution in [0.1, 0.15) is 23.9 Å². The number of nitrogens with zero attached hydrogens (tertiary/aromatic N) is 3. The van der Waals surface area contributed by atoms with Crippen LogP contribution in [0.15, 0.2) is 36.7 Å². The highest BCUT2D eigenvalue weighted by molar-refractivity contribution is 5.73. The van der Waals surface area contributed by atoms with Gasteiger partial charge in [0.15, 0.2) is 0 Å². The number of ether oxygens (including phenoxy) is 1. The molecular weight excluding hydrogens is 342 g/mol. The zero-order chi connectivity index (χ0) is 19.2. The average molecular weight is 371 g/mol. The fourth-order valence-electron chi connectivity index (χ4n) is 3.78. The number of imidazole rings is 1. The summed E-state index contributed by atoms with van der Waals surface area (Å²) in [6, 6.07) is 8.42. The van der Waals surface area contributed by atoms with Gasteiger partial charge in [-0.3, -0.25) is 4.90 Å². The Bertz CT molecular complexity index is 743. The molecule has 3 rings (SSSR count). The molecule has 1 saturated heterocycles. The second kappa shape index (κ2) is 8.90. The first kappa shape index (κ1) is 19.2. The third kappa shape index (κ3) is 4.80. The Morgan fingerprint density at radius 2 is 2.04 bits per heavy atom. The van der Waals surface area contributed by atoms with Crippen LogP contribution in [0.3, 0.4) is 0 Å². The van der Waals surface area contributed by atoms with Crippen LogP contribution in [-0.4, -0.2) is 54.3 Å². The second-order valence-electron chi connectivity index (χ2n) is 7.09. The third-order valence-corrected chi connectivity index (χ3v) is 5.31. The zero-order valence-corrected chi connectivity index (χ0v) is 16.3. The number of nitrogens with one attached hydrogen (secondary N) is 2. The van der Waals surface area contributed by atoms with Crippen LogP contribution in [0.2, 0.25) is 0 Å². The van der Waals surface area contributed by atoms with E-state index in [0.717, 1.165) is 31.0 Å². The van der Waals surface area contributed by atoms with Crippen LogP contribution in [-0.2, 0) is 13.5 Å². The molecule has 0 saturated carbocycles. The van der Waals surface area contributed by atoms with Gasteiger partial charge in [0.1, 0.15) is 11.6 Å². The van der Waals surface area contributed by atoms with Crippen LogP contribution >= 0.6 is 0 Å². The summed E-state index contributed by atoms with van der Waals surface area (Å²) >= 11 is 0. The highest BCUT2D eigenvalue weighted by atomic mass is 16.5. The number of methoxy groups -OCH3 is 1. The number of carbonyl (C=O) groups is 1. The lowest BCUT2D eigenvalue weighted by molar-refractivity contribution is 0.233. The Morgan fingerprint density at radius 3 is 2.70 bits per heavy atom. The van der Waals surface area contributed by atoms with E-state index in [4.69, 9.17) is 4.74 Å². The number of aromatic nitrogens is 2. The summed E-state index contributed by atoms with van der Waals surface area (Å²) in [6.07, 6.45) is 5.47. The molecule has 2 heterocycles. The fourth-order valence-corrected chi connectivity index (χ4v) is 3.78. The average Bonchev–Trinajstić information content (AvgIpc) is 3.25. The number of benzene rings is 1. The quantitative estimate of drug-likeness (QED) is 0.781. The van der Waals surface area contributed by atoms with Gasteiger partial charge < -0.3 is 19.9 Å². The van der Waals surface area contributed by atoms with Crippen molar-refractivity contribution in [3.63, 3.8) is 0 Å². The standard InChI is InChI=1S/C20H29N5O2/c1-24-13-11-21-18(24)8-10-22-20(26)23-14-16-9-12-25(2)19(16)15-4-6-17(27-3)7-5-15/h4-7,11,13,16,19H,8-10,12,14H2,1-3H3,(H2,22,23,26). The van der Waals surface area contributed by atoms with Gasteiger partial charge in [0.05, 0.1) is 7.11 Å². The van der Waals surface area contributed by atoms with Gasteiger partial charge in [-0.1, -0.05) is 12.1 Å². The minimum atomic E-state index is -0.118. The normalized spacial score (nSPS) is 19.8. The van der Waals surface area contributed by atoms with Crippen LogP contribution < -0.4 is 15.4 Å². The monoisotopic (exact) mass is 371 g/mol. The van der Waals surface area contributed by atoms with Crippen molar-refractivity contribution in [1.82, 2.24) is 25.1 Å². The maximum Gasteiger partial charge on any atom is 0.314 e. The van der Waals surface area contributed by atoms with Gasteiger partial charge in [-0.25, -0.2) is 9.78 Å². The predicted octanol–water partition coefficient (Wildman–Crippen LogP) is 1.96. The first-order chi connectivity index (χ1) is 13.1. The largest absolute Gasteiger partial charge is 0.497 e. The molecule has 7 heteroatoms. The van der Waals surface area contributed by atoms with E-state index >= 15 is 0 Å². The minimum Gasteiger partial charge on any atom is -0.497 e. The van der Waals surface area contributed by atoms with Crippen LogP contribution in [0, 0.1) is 5.92 Å². The smallest absolute Gasteiger partial charge is 0.314 e. The number of carbonyl (C=O) groups excluding carboxylic acids is 1. The summed E-state index contributed by atoms with van der Waals surface area (Å²) in [5.41, 5.74) is 1.26. The van der Waals surface area contributed by atoms with Crippen molar-refractivity contribution in [2.75, 3.05) is 33.8 Å². The van der Waals surface area contributed by atoms with Crippen molar-refractivity contribution < 1.29 is 9.53 Å². The lowest BCUT2D eigenvalue weighted by atomic mass is 9.93. The molecule has 1 aromatic carbocycles. The van der Waals surface area contributed by atoms with E-state index in [0.29, 0.717) is 25.0 Å². The summed E-state index contributed by atoms with van der Waals surface area (Å²) in [5, 5.41) is 5.95. The summed E-state index contributed by atoms with van der Waals surface area (Å²) in [4.78, 5) is 18.8. The topological polar surface area (TPSA) is 71.4 Å². The molecule has 1 aromatic heterocycles. The molecule has 0 radical (unpaired) electrons. The van der Waals surface area contributed by atoms with E-state index in [2.05, 4.69) is 39.7 Å². The SMILES string of the molecule is COc1ccc(C2C(CNC(=O)NCCc3nccn3C)CCN2C)cc1. The number of aryl methyl sites for hydroxylation is 1. The molecule has 1 aliphatic heterocycles. The molecule has 0 bridgehead atoms. The third-order valence-electron chi connectivity index (χ3n) is 5.31. The molecule has 146 valence electrons. The van der Waals surface area contributed by atoms with Gasteiger partial charge in [-0.2, -0.15) is 0 Å². The number of hydrogen-bond donors (Lipinski definition) is 2. The van der Waals surface area contributed by atoms with E-state index in [-0.39, 0.29) is 6.03 Å². The van der Waals surface area contributed by atoms with Gasteiger partial charge in [0.2, 0.25) is 0 Å².